The Balaban J connectivity index is 3.64. The second-order valence-corrected chi connectivity index (χ2v) is 6.22. The van der Waals surface area contributed by atoms with E-state index >= 15 is 0 Å². The summed E-state index contributed by atoms with van der Waals surface area (Å²) in [6.07, 6.45) is 8.89. The normalized spacial score (nSPS) is 12.8. The van der Waals surface area contributed by atoms with Gasteiger partial charge in [-0.25, -0.2) is 0 Å². The Labute approximate surface area is 122 Å². The van der Waals surface area contributed by atoms with E-state index in [4.69, 9.17) is 10.2 Å². The first kappa shape index (κ1) is 18.9. The maximum atomic E-state index is 10.9. The predicted molar refractivity (Wildman–Crippen MR) is 79.7 cm³/mol. The third kappa shape index (κ3) is 8.94. The lowest BCUT2D eigenvalue weighted by Crippen LogP contribution is -2.29. The molecule has 0 aromatic rings. The summed E-state index contributed by atoms with van der Waals surface area (Å²) in [6.45, 7) is 6.20. The molecule has 4 nitrogen and oxygen atoms in total. The van der Waals surface area contributed by atoms with E-state index in [0.29, 0.717) is 6.42 Å². The number of carboxylic acids is 2. The first-order valence-electron chi connectivity index (χ1n) is 7.81. The minimum Gasteiger partial charge on any atom is -0.481 e. The van der Waals surface area contributed by atoms with Gasteiger partial charge in [0.1, 0.15) is 0 Å². The average Bonchev–Trinajstić information content (AvgIpc) is 2.31. The summed E-state index contributed by atoms with van der Waals surface area (Å²) in [5.41, 5.74) is 0. The minimum absolute atomic E-state index is 0.300. The van der Waals surface area contributed by atoms with Gasteiger partial charge >= 0.3 is 11.9 Å². The van der Waals surface area contributed by atoms with Crippen LogP contribution in [0.4, 0.5) is 0 Å². The highest BCUT2D eigenvalue weighted by molar-refractivity contribution is 5.93. The van der Waals surface area contributed by atoms with E-state index in [-0.39, 0.29) is 5.92 Å². The Kier molecular flexibility index (Phi) is 10.1. The number of aliphatic carboxylic acids is 2. The fraction of sp³-hybridized carbons (Fsp3) is 0.875. The van der Waals surface area contributed by atoms with Gasteiger partial charge in [-0.1, -0.05) is 65.7 Å². The van der Waals surface area contributed by atoms with Gasteiger partial charge < -0.3 is 10.2 Å². The lowest BCUT2D eigenvalue weighted by molar-refractivity contribution is -0.157. The number of carboxylic acid groups (broad SMARTS) is 2. The van der Waals surface area contributed by atoms with Crippen LogP contribution in [0.15, 0.2) is 0 Å². The van der Waals surface area contributed by atoms with E-state index in [0.717, 1.165) is 25.2 Å². The van der Waals surface area contributed by atoms with Gasteiger partial charge in [-0.05, 0) is 18.3 Å². The Hall–Kier alpha value is -1.06. The Morgan fingerprint density at radius 2 is 1.15 bits per heavy atom. The molecule has 0 rings (SSSR count). The van der Waals surface area contributed by atoms with Gasteiger partial charge in [-0.3, -0.25) is 9.59 Å². The highest BCUT2D eigenvalue weighted by Gasteiger charge is 2.31. The standard InChI is InChI=1S/C16H30O4/c1-12(2)10-8-6-4-5-7-9-11-13(3)14(15(17)18)16(19)20/h12-14H,4-11H2,1-3H3,(H,17,18)(H,19,20). The molecule has 2 N–H and O–H groups in total. The van der Waals surface area contributed by atoms with Crippen LogP contribution in [0, 0.1) is 17.8 Å². The molecule has 4 heteroatoms. The molecular formula is C16H30O4. The van der Waals surface area contributed by atoms with Crippen molar-refractivity contribution in [1.29, 1.82) is 0 Å². The number of hydrogen-bond acceptors (Lipinski definition) is 2. The van der Waals surface area contributed by atoms with E-state index < -0.39 is 17.9 Å². The lowest BCUT2D eigenvalue weighted by atomic mass is 9.89. The molecule has 0 saturated carbocycles. The van der Waals surface area contributed by atoms with Crippen molar-refractivity contribution in [1.82, 2.24) is 0 Å². The zero-order valence-electron chi connectivity index (χ0n) is 13.1. The van der Waals surface area contributed by atoms with Crippen molar-refractivity contribution < 1.29 is 19.8 Å². The van der Waals surface area contributed by atoms with Crippen molar-refractivity contribution >= 4 is 11.9 Å². The van der Waals surface area contributed by atoms with Crippen molar-refractivity contribution in [3.63, 3.8) is 0 Å². The topological polar surface area (TPSA) is 74.6 Å². The highest BCUT2D eigenvalue weighted by Crippen LogP contribution is 2.20. The van der Waals surface area contributed by atoms with Crippen LogP contribution >= 0.6 is 0 Å². The van der Waals surface area contributed by atoms with E-state index in [1.54, 1.807) is 6.92 Å². The third-order valence-electron chi connectivity index (χ3n) is 3.79. The highest BCUT2D eigenvalue weighted by atomic mass is 16.4. The van der Waals surface area contributed by atoms with Crippen LogP contribution < -0.4 is 0 Å². The van der Waals surface area contributed by atoms with Gasteiger partial charge in [-0.15, -0.1) is 0 Å². The predicted octanol–water partition coefficient (Wildman–Crippen LogP) is 4.18. The van der Waals surface area contributed by atoms with Gasteiger partial charge in [0.2, 0.25) is 0 Å². The maximum absolute atomic E-state index is 10.9. The summed E-state index contributed by atoms with van der Waals surface area (Å²) in [7, 11) is 0. The lowest BCUT2D eigenvalue weighted by Gasteiger charge is -2.15. The smallest absolute Gasteiger partial charge is 0.318 e. The maximum Gasteiger partial charge on any atom is 0.318 e. The van der Waals surface area contributed by atoms with E-state index in [1.807, 2.05) is 0 Å². The summed E-state index contributed by atoms with van der Waals surface area (Å²) < 4.78 is 0. The molecule has 0 amide bonds. The van der Waals surface area contributed by atoms with Crippen LogP contribution in [0.2, 0.25) is 0 Å². The molecule has 1 unspecified atom stereocenters. The van der Waals surface area contributed by atoms with Gasteiger partial charge in [0.15, 0.2) is 5.92 Å². The summed E-state index contributed by atoms with van der Waals surface area (Å²) in [4.78, 5) is 21.7. The molecule has 0 radical (unpaired) electrons. The van der Waals surface area contributed by atoms with Gasteiger partial charge in [0, 0.05) is 0 Å². The van der Waals surface area contributed by atoms with Crippen molar-refractivity contribution in [3.8, 4) is 0 Å². The van der Waals surface area contributed by atoms with Crippen molar-refractivity contribution in [2.45, 2.75) is 72.1 Å². The largest absolute Gasteiger partial charge is 0.481 e. The molecular weight excluding hydrogens is 256 g/mol. The van der Waals surface area contributed by atoms with E-state index in [1.165, 1.54) is 25.7 Å². The molecule has 0 aliphatic heterocycles. The molecule has 118 valence electrons. The summed E-state index contributed by atoms with van der Waals surface area (Å²) in [5, 5.41) is 17.8. The molecule has 0 aromatic heterocycles. The van der Waals surface area contributed by atoms with Crippen LogP contribution in [0.25, 0.3) is 0 Å². The molecule has 0 heterocycles. The fourth-order valence-electron chi connectivity index (χ4n) is 2.49. The zero-order chi connectivity index (χ0) is 15.5. The zero-order valence-corrected chi connectivity index (χ0v) is 13.1. The van der Waals surface area contributed by atoms with Gasteiger partial charge in [0.05, 0.1) is 0 Å². The summed E-state index contributed by atoms with van der Waals surface area (Å²) in [5.74, 6) is -3.23. The van der Waals surface area contributed by atoms with Crippen molar-refractivity contribution in [2.75, 3.05) is 0 Å². The van der Waals surface area contributed by atoms with Crippen LogP contribution in [-0.2, 0) is 9.59 Å². The second kappa shape index (κ2) is 10.7. The molecule has 20 heavy (non-hydrogen) atoms. The van der Waals surface area contributed by atoms with Crippen LogP contribution in [0.1, 0.15) is 72.1 Å². The van der Waals surface area contributed by atoms with Crippen LogP contribution in [-0.4, -0.2) is 22.2 Å². The number of carbonyl (C=O) groups is 2. The number of rotatable bonds is 12. The Morgan fingerprint density at radius 3 is 1.55 bits per heavy atom. The van der Waals surface area contributed by atoms with E-state index in [9.17, 15) is 9.59 Å². The first-order valence-corrected chi connectivity index (χ1v) is 7.81. The monoisotopic (exact) mass is 286 g/mol. The molecule has 0 aromatic carbocycles. The molecule has 0 aliphatic carbocycles. The SMILES string of the molecule is CC(C)CCCCCCCCC(C)C(C(=O)O)C(=O)O. The Morgan fingerprint density at radius 1 is 0.750 bits per heavy atom. The average molecular weight is 286 g/mol. The van der Waals surface area contributed by atoms with Crippen LogP contribution in [0.5, 0.6) is 0 Å². The molecule has 1 atom stereocenters. The quantitative estimate of drug-likeness (QED) is 0.417. The number of hydrogen-bond donors (Lipinski definition) is 2. The van der Waals surface area contributed by atoms with Crippen molar-refractivity contribution in [3.05, 3.63) is 0 Å². The van der Waals surface area contributed by atoms with Gasteiger partial charge in [0.25, 0.3) is 0 Å². The molecule has 0 aliphatic rings. The van der Waals surface area contributed by atoms with E-state index in [2.05, 4.69) is 13.8 Å². The summed E-state index contributed by atoms with van der Waals surface area (Å²) >= 11 is 0. The Bertz CT molecular complexity index is 272. The molecule has 0 bridgehead atoms. The minimum atomic E-state index is -1.26. The van der Waals surface area contributed by atoms with Gasteiger partial charge in [-0.2, -0.15) is 0 Å². The third-order valence-corrected chi connectivity index (χ3v) is 3.79. The fourth-order valence-corrected chi connectivity index (χ4v) is 2.49. The van der Waals surface area contributed by atoms with Crippen LogP contribution in [0.3, 0.4) is 0 Å². The molecule has 0 spiro atoms. The molecule has 0 saturated heterocycles. The number of unbranched alkanes of at least 4 members (excludes halogenated alkanes) is 5. The van der Waals surface area contributed by atoms with Crippen molar-refractivity contribution in [2.24, 2.45) is 17.8 Å². The first-order chi connectivity index (χ1) is 9.36. The molecule has 0 fully saturated rings. The second-order valence-electron chi connectivity index (χ2n) is 6.22. The summed E-state index contributed by atoms with van der Waals surface area (Å²) in [6, 6.07) is 0.